The van der Waals surface area contributed by atoms with Crippen molar-refractivity contribution in [3.63, 3.8) is 0 Å². The highest BCUT2D eigenvalue weighted by Gasteiger charge is 2.70. The van der Waals surface area contributed by atoms with Crippen molar-refractivity contribution in [1.29, 1.82) is 5.26 Å². The number of ether oxygens (including phenoxy) is 1. The zero-order chi connectivity index (χ0) is 25.0. The zero-order valence-electron chi connectivity index (χ0n) is 16.2. The summed E-state index contributed by atoms with van der Waals surface area (Å²) in [6, 6.07) is 3.63. The van der Waals surface area contributed by atoms with Gasteiger partial charge in [-0.3, -0.25) is 4.98 Å². The summed E-state index contributed by atoms with van der Waals surface area (Å²) >= 11 is 0. The van der Waals surface area contributed by atoms with E-state index < -0.39 is 64.7 Å². The summed E-state index contributed by atoms with van der Waals surface area (Å²) < 4.78 is 123. The van der Waals surface area contributed by atoms with E-state index in [1.165, 1.54) is 0 Å². The van der Waals surface area contributed by atoms with Gasteiger partial charge >= 0.3 is 18.5 Å². The number of aliphatic hydroxyl groups is 1. The molecule has 33 heavy (non-hydrogen) atoms. The van der Waals surface area contributed by atoms with Gasteiger partial charge in [0.15, 0.2) is 0 Å². The topological polar surface area (TPSA) is 79.0 Å². The van der Waals surface area contributed by atoms with Gasteiger partial charge in [-0.15, -0.1) is 0 Å². The lowest BCUT2D eigenvalue weighted by Gasteiger charge is -2.21. The second-order valence-corrected chi connectivity index (χ2v) is 7.17. The molecule has 2 heterocycles. The van der Waals surface area contributed by atoms with Crippen molar-refractivity contribution in [3.05, 3.63) is 58.7 Å². The largest absolute Gasteiger partial charge is 0.433 e. The Labute approximate surface area is 179 Å². The number of pyridine rings is 2. The number of nitriles is 1. The molecule has 178 valence electrons. The molecule has 14 heteroatoms. The van der Waals surface area contributed by atoms with E-state index in [1.54, 1.807) is 6.07 Å². The van der Waals surface area contributed by atoms with Crippen LogP contribution in [0.1, 0.15) is 34.3 Å². The number of nitrogens with zero attached hydrogens (tertiary/aromatic N) is 3. The van der Waals surface area contributed by atoms with Crippen LogP contribution in [0.4, 0.5) is 39.5 Å². The Morgan fingerprint density at radius 3 is 1.91 bits per heavy atom. The fraction of sp³-hybridized carbons (Fsp3) is 0.421. The smallest absolute Gasteiger partial charge is 0.388 e. The molecule has 1 aliphatic rings. The second kappa shape index (κ2) is 7.84. The molecule has 0 bridgehead atoms. The maximum Gasteiger partial charge on any atom is 0.433 e. The van der Waals surface area contributed by atoms with E-state index in [9.17, 15) is 49.9 Å². The van der Waals surface area contributed by atoms with Crippen LogP contribution in [0, 0.1) is 23.2 Å². The van der Waals surface area contributed by atoms with Crippen molar-refractivity contribution < 1.29 is 49.4 Å². The average molecular weight is 485 g/mol. The summed E-state index contributed by atoms with van der Waals surface area (Å²) in [5.74, 6) is -2.88. The van der Waals surface area contributed by atoms with E-state index in [1.807, 2.05) is 0 Å². The summed E-state index contributed by atoms with van der Waals surface area (Å²) in [6.07, 6.45) is -16.9. The number of rotatable bonds is 4. The van der Waals surface area contributed by atoms with Crippen molar-refractivity contribution >= 4 is 0 Å². The minimum absolute atomic E-state index is 0.181. The fourth-order valence-corrected chi connectivity index (χ4v) is 3.79. The molecule has 0 spiro atoms. The monoisotopic (exact) mass is 485 g/mol. The Bertz CT molecular complexity index is 1060. The van der Waals surface area contributed by atoms with E-state index in [2.05, 4.69) is 9.97 Å². The molecule has 0 aliphatic heterocycles. The Balaban J connectivity index is 2.11. The predicted octanol–water partition coefficient (Wildman–Crippen LogP) is 4.88. The predicted molar refractivity (Wildman–Crippen MR) is 89.7 cm³/mol. The highest BCUT2D eigenvalue weighted by molar-refractivity contribution is 5.41. The number of hydrogen-bond donors (Lipinski definition) is 1. The first-order valence-electron chi connectivity index (χ1n) is 8.90. The summed E-state index contributed by atoms with van der Waals surface area (Å²) in [5, 5.41) is 20.1. The summed E-state index contributed by atoms with van der Waals surface area (Å²) in [5.41, 5.74) is -8.32. The number of aromatic nitrogens is 2. The Morgan fingerprint density at radius 1 is 0.970 bits per heavy atom. The standard InChI is InChI=1S/C19H12F9N3O2/c1-33-16(9-2-3-30-11(6-9)17(20,21)22)10(7-29)14(16)15(32)8-4-12(18(23,24)25)31-13(5-8)19(26,27)28/h2-6,10,14-15,32H,1H3/t10?,14-,15?,16?/m0/s1. The van der Waals surface area contributed by atoms with Crippen LogP contribution in [-0.2, 0) is 28.9 Å². The van der Waals surface area contributed by atoms with Gasteiger partial charge in [0.1, 0.15) is 22.7 Å². The van der Waals surface area contributed by atoms with E-state index in [0.717, 1.165) is 19.4 Å². The Morgan fingerprint density at radius 2 is 1.48 bits per heavy atom. The minimum atomic E-state index is -5.29. The third-order valence-corrected chi connectivity index (χ3v) is 5.30. The molecule has 2 aromatic heterocycles. The van der Waals surface area contributed by atoms with Crippen LogP contribution in [0.3, 0.4) is 0 Å². The normalized spacial score (nSPS) is 24.3. The van der Waals surface area contributed by atoms with Crippen molar-refractivity contribution in [2.24, 2.45) is 11.8 Å². The third-order valence-electron chi connectivity index (χ3n) is 5.30. The molecule has 0 saturated heterocycles. The SMILES string of the molecule is COC1(c2ccnc(C(F)(F)F)c2)C(C#N)[C@H]1C(O)c1cc(C(F)(F)F)nc(C(F)(F)F)c1. The van der Waals surface area contributed by atoms with Crippen LogP contribution in [-0.4, -0.2) is 22.2 Å². The van der Waals surface area contributed by atoms with Crippen LogP contribution in [0.15, 0.2) is 30.5 Å². The molecule has 1 N–H and O–H groups in total. The molecule has 1 saturated carbocycles. The molecular weight excluding hydrogens is 473 g/mol. The molecule has 3 unspecified atom stereocenters. The zero-order valence-corrected chi connectivity index (χ0v) is 16.2. The van der Waals surface area contributed by atoms with Crippen molar-refractivity contribution in [2.75, 3.05) is 7.11 Å². The highest BCUT2D eigenvalue weighted by Crippen LogP contribution is 2.65. The molecule has 3 rings (SSSR count). The number of methoxy groups -OCH3 is 1. The molecule has 4 atom stereocenters. The maximum absolute atomic E-state index is 13.1. The van der Waals surface area contributed by atoms with Crippen LogP contribution >= 0.6 is 0 Å². The van der Waals surface area contributed by atoms with E-state index in [-0.39, 0.29) is 17.7 Å². The lowest BCUT2D eigenvalue weighted by molar-refractivity contribution is -0.150. The van der Waals surface area contributed by atoms with E-state index in [4.69, 9.17) is 4.74 Å². The lowest BCUT2D eigenvalue weighted by Crippen LogP contribution is -2.21. The van der Waals surface area contributed by atoms with Gasteiger partial charge < -0.3 is 9.84 Å². The Kier molecular flexibility index (Phi) is 5.87. The molecule has 1 fully saturated rings. The minimum Gasteiger partial charge on any atom is -0.388 e. The number of aliphatic hydroxyl groups excluding tert-OH is 1. The first-order chi connectivity index (χ1) is 15.1. The summed E-state index contributed by atoms with van der Waals surface area (Å²) in [7, 11) is 0.986. The van der Waals surface area contributed by atoms with Crippen LogP contribution in [0.25, 0.3) is 0 Å². The number of alkyl halides is 9. The van der Waals surface area contributed by atoms with Gasteiger partial charge in [-0.1, -0.05) is 0 Å². The van der Waals surface area contributed by atoms with Crippen molar-refractivity contribution in [3.8, 4) is 6.07 Å². The number of halogens is 9. The maximum atomic E-state index is 13.1. The molecule has 2 aromatic rings. The second-order valence-electron chi connectivity index (χ2n) is 7.17. The van der Waals surface area contributed by atoms with Gasteiger partial charge in [0, 0.05) is 19.2 Å². The summed E-state index contributed by atoms with van der Waals surface area (Å²) in [6.45, 7) is 0. The van der Waals surface area contributed by atoms with Crippen molar-refractivity contribution in [1.82, 2.24) is 9.97 Å². The molecule has 1 aliphatic carbocycles. The Hall–Kier alpha value is -2.92. The molecule has 0 aromatic carbocycles. The van der Waals surface area contributed by atoms with E-state index >= 15 is 0 Å². The van der Waals surface area contributed by atoms with Crippen molar-refractivity contribution in [2.45, 2.75) is 30.2 Å². The highest BCUT2D eigenvalue weighted by atomic mass is 19.4. The third kappa shape index (κ3) is 4.34. The van der Waals surface area contributed by atoms with Gasteiger partial charge in [-0.05, 0) is 35.4 Å². The van der Waals surface area contributed by atoms with E-state index in [0.29, 0.717) is 6.07 Å². The van der Waals surface area contributed by atoms with Crippen LogP contribution < -0.4 is 0 Å². The lowest BCUT2D eigenvalue weighted by atomic mass is 9.98. The van der Waals surface area contributed by atoms with Gasteiger partial charge in [0.05, 0.1) is 18.1 Å². The molecular formula is C19H12F9N3O2. The molecule has 0 amide bonds. The van der Waals surface area contributed by atoms with Gasteiger partial charge in [-0.25, -0.2) is 4.98 Å². The molecule has 5 nitrogen and oxygen atoms in total. The molecule has 0 radical (unpaired) electrons. The average Bonchev–Trinajstić information content (AvgIpc) is 3.40. The van der Waals surface area contributed by atoms with Gasteiger partial charge in [0.2, 0.25) is 0 Å². The fourth-order valence-electron chi connectivity index (χ4n) is 3.79. The summed E-state index contributed by atoms with van der Waals surface area (Å²) in [4.78, 5) is 5.70. The first-order valence-corrected chi connectivity index (χ1v) is 8.90. The van der Waals surface area contributed by atoms with Crippen LogP contribution in [0.2, 0.25) is 0 Å². The van der Waals surface area contributed by atoms with Crippen LogP contribution in [0.5, 0.6) is 0 Å². The quantitative estimate of drug-likeness (QED) is 0.625. The van der Waals surface area contributed by atoms with Gasteiger partial charge in [-0.2, -0.15) is 44.8 Å². The first kappa shape index (κ1) is 24.7. The van der Waals surface area contributed by atoms with Gasteiger partial charge in [0.25, 0.3) is 0 Å². The number of hydrogen-bond acceptors (Lipinski definition) is 5.